The molecule has 0 N–H and O–H groups in total. The summed E-state index contributed by atoms with van der Waals surface area (Å²) in [6.45, 7) is 8.67. The summed E-state index contributed by atoms with van der Waals surface area (Å²) in [5.74, 6) is 0. The number of thiazole rings is 1. The van der Waals surface area contributed by atoms with E-state index in [1.807, 2.05) is 45.2 Å². The highest BCUT2D eigenvalue weighted by Crippen LogP contribution is 2.10. The summed E-state index contributed by atoms with van der Waals surface area (Å²) in [4.78, 5) is 19.2. The Hall–Kier alpha value is -2.28. The highest BCUT2D eigenvalue weighted by molar-refractivity contribution is 7.11. The third-order valence-corrected chi connectivity index (χ3v) is 4.22. The molecule has 128 valence electrons. The smallest absolute Gasteiger partial charge is 0.141 e. The third-order valence-electron chi connectivity index (χ3n) is 3.15. The number of aromatic nitrogens is 2. The first-order valence-electron chi connectivity index (χ1n) is 7.75. The molecule has 0 fully saturated rings. The molecule has 0 atom stereocenters. The van der Waals surface area contributed by atoms with E-state index in [-0.39, 0.29) is 0 Å². The molecule has 0 amide bonds. The number of rotatable bonds is 8. The lowest BCUT2D eigenvalue weighted by atomic mass is 10.1. The van der Waals surface area contributed by atoms with E-state index < -0.39 is 0 Å². The Kier molecular flexibility index (Phi) is 6.87. The first-order valence-corrected chi connectivity index (χ1v) is 8.63. The molecule has 7 heteroatoms. The largest absolute Gasteiger partial charge is 0.395 e. The van der Waals surface area contributed by atoms with Crippen molar-refractivity contribution in [3.63, 3.8) is 0 Å². The van der Waals surface area contributed by atoms with Crippen LogP contribution in [0.4, 0.5) is 0 Å². The van der Waals surface area contributed by atoms with Gasteiger partial charge in [-0.15, -0.1) is 11.3 Å². The van der Waals surface area contributed by atoms with E-state index in [1.165, 1.54) is 0 Å². The molecule has 0 aliphatic heterocycles. The van der Waals surface area contributed by atoms with Crippen LogP contribution in [0.1, 0.15) is 42.2 Å². The van der Waals surface area contributed by atoms with Crippen LogP contribution in [0.25, 0.3) is 0 Å². The van der Waals surface area contributed by atoms with Gasteiger partial charge in [-0.2, -0.15) is 0 Å². The lowest BCUT2D eigenvalue weighted by Crippen LogP contribution is -2.04. The van der Waals surface area contributed by atoms with Crippen molar-refractivity contribution in [2.45, 2.75) is 34.1 Å². The summed E-state index contributed by atoms with van der Waals surface area (Å²) >= 11 is 1.56. The molecule has 2 rings (SSSR count). The minimum absolute atomic E-state index is 0.466. The van der Waals surface area contributed by atoms with Gasteiger partial charge in [0.1, 0.15) is 29.6 Å². The topological polar surface area (TPSA) is 69.0 Å². The molecule has 0 unspecified atom stereocenters. The van der Waals surface area contributed by atoms with E-state index in [4.69, 9.17) is 9.68 Å². The summed E-state index contributed by atoms with van der Waals surface area (Å²) in [7, 11) is 0. The zero-order valence-corrected chi connectivity index (χ0v) is 15.3. The van der Waals surface area contributed by atoms with Gasteiger partial charge < -0.3 is 9.68 Å². The maximum Gasteiger partial charge on any atom is 0.141 e. The van der Waals surface area contributed by atoms with Crippen LogP contribution in [0, 0.1) is 13.8 Å². The third kappa shape index (κ3) is 5.42. The predicted molar refractivity (Wildman–Crippen MR) is 96.8 cm³/mol. The van der Waals surface area contributed by atoms with Crippen LogP contribution >= 0.6 is 11.3 Å². The average Bonchev–Trinajstić information content (AvgIpc) is 3.00. The first kappa shape index (κ1) is 18.1. The lowest BCUT2D eigenvalue weighted by Gasteiger charge is -2.04. The molecule has 0 aliphatic rings. The molecule has 0 aliphatic carbocycles. The van der Waals surface area contributed by atoms with E-state index in [1.54, 1.807) is 17.5 Å². The zero-order chi connectivity index (χ0) is 17.4. The Morgan fingerprint density at radius 2 is 1.83 bits per heavy atom. The number of hydrogen-bond donors (Lipinski definition) is 0. The number of hydrogen-bond acceptors (Lipinski definition) is 7. The standard InChI is InChI=1S/C17H22N4O2S/c1-12-7-5-8-18-16(12)14(3)20-22-9-6-10-23-21-15(4)17-19-13(2)11-24-17/h5,7-8,11H,6,9-10H2,1-4H3/b20-14+,21-15+. The zero-order valence-electron chi connectivity index (χ0n) is 14.4. The molecule has 0 spiro atoms. The van der Waals surface area contributed by atoms with E-state index in [0.29, 0.717) is 19.6 Å². The van der Waals surface area contributed by atoms with E-state index >= 15 is 0 Å². The van der Waals surface area contributed by atoms with Gasteiger partial charge in [-0.1, -0.05) is 16.4 Å². The molecule has 0 radical (unpaired) electrons. The summed E-state index contributed by atoms with van der Waals surface area (Å²) in [6, 6.07) is 3.90. The quantitative estimate of drug-likeness (QED) is 0.415. The lowest BCUT2D eigenvalue weighted by molar-refractivity contribution is 0.0900. The number of nitrogens with zero attached hydrogens (tertiary/aromatic N) is 4. The monoisotopic (exact) mass is 346 g/mol. The van der Waals surface area contributed by atoms with Crippen LogP contribution in [0.5, 0.6) is 0 Å². The van der Waals surface area contributed by atoms with Crippen molar-refractivity contribution in [2.75, 3.05) is 13.2 Å². The molecule has 2 aromatic rings. The van der Waals surface area contributed by atoms with Gasteiger partial charge in [0.25, 0.3) is 0 Å². The van der Waals surface area contributed by atoms with Gasteiger partial charge in [-0.25, -0.2) is 4.98 Å². The van der Waals surface area contributed by atoms with E-state index in [9.17, 15) is 0 Å². The van der Waals surface area contributed by atoms with Gasteiger partial charge >= 0.3 is 0 Å². The van der Waals surface area contributed by atoms with Crippen LogP contribution in [-0.2, 0) is 9.68 Å². The van der Waals surface area contributed by atoms with Crippen LogP contribution < -0.4 is 0 Å². The second-order valence-electron chi connectivity index (χ2n) is 5.34. The fourth-order valence-electron chi connectivity index (χ4n) is 1.94. The minimum Gasteiger partial charge on any atom is -0.395 e. The number of pyridine rings is 1. The van der Waals surface area contributed by atoms with Gasteiger partial charge in [0, 0.05) is 23.7 Å². The molecular formula is C17H22N4O2S. The number of aryl methyl sites for hydroxylation is 2. The average molecular weight is 346 g/mol. The van der Waals surface area contributed by atoms with Crippen LogP contribution in [0.3, 0.4) is 0 Å². The fourth-order valence-corrected chi connectivity index (χ4v) is 2.68. The van der Waals surface area contributed by atoms with Crippen molar-refractivity contribution in [1.29, 1.82) is 0 Å². The predicted octanol–water partition coefficient (Wildman–Crippen LogP) is 3.73. The van der Waals surface area contributed by atoms with Gasteiger partial charge in [0.2, 0.25) is 0 Å². The second kappa shape index (κ2) is 9.12. The van der Waals surface area contributed by atoms with E-state index in [0.717, 1.165) is 33.4 Å². The SMILES string of the molecule is C/C(=N\OCCCO/N=C(\C)c1ncccc1C)c1nc(C)cs1. The van der Waals surface area contributed by atoms with Crippen LogP contribution in [-0.4, -0.2) is 34.6 Å². The van der Waals surface area contributed by atoms with Crippen molar-refractivity contribution in [3.8, 4) is 0 Å². The molecule has 2 heterocycles. The Morgan fingerprint density at radius 1 is 1.12 bits per heavy atom. The maximum atomic E-state index is 5.31. The molecular weight excluding hydrogens is 324 g/mol. The van der Waals surface area contributed by atoms with Gasteiger partial charge in [-0.05, 0) is 39.3 Å². The molecule has 0 aromatic carbocycles. The first-order chi connectivity index (χ1) is 11.6. The Labute approximate surface area is 146 Å². The second-order valence-corrected chi connectivity index (χ2v) is 6.19. The number of oxime groups is 2. The molecule has 2 aromatic heterocycles. The minimum atomic E-state index is 0.466. The van der Waals surface area contributed by atoms with Crippen molar-refractivity contribution >= 4 is 22.8 Å². The Balaban J connectivity index is 1.68. The molecule has 0 saturated carbocycles. The van der Waals surface area contributed by atoms with Gasteiger partial charge in [0.15, 0.2) is 0 Å². The summed E-state index contributed by atoms with van der Waals surface area (Å²) in [6.07, 6.45) is 2.45. The normalized spacial score (nSPS) is 12.3. The molecule has 0 bridgehead atoms. The highest BCUT2D eigenvalue weighted by atomic mass is 32.1. The van der Waals surface area contributed by atoms with Gasteiger partial charge in [-0.3, -0.25) is 4.98 Å². The van der Waals surface area contributed by atoms with Crippen LogP contribution in [0.15, 0.2) is 34.0 Å². The Morgan fingerprint density at radius 3 is 2.46 bits per heavy atom. The molecule has 0 saturated heterocycles. The van der Waals surface area contributed by atoms with Crippen molar-refractivity contribution in [3.05, 3.63) is 45.7 Å². The summed E-state index contributed by atoms with van der Waals surface area (Å²) < 4.78 is 0. The fraction of sp³-hybridized carbons (Fsp3) is 0.412. The molecule has 24 heavy (non-hydrogen) atoms. The summed E-state index contributed by atoms with van der Waals surface area (Å²) in [5.41, 5.74) is 4.48. The van der Waals surface area contributed by atoms with Crippen molar-refractivity contribution < 1.29 is 9.68 Å². The van der Waals surface area contributed by atoms with E-state index in [2.05, 4.69) is 20.3 Å². The highest BCUT2D eigenvalue weighted by Gasteiger charge is 2.04. The maximum absolute atomic E-state index is 5.31. The van der Waals surface area contributed by atoms with Gasteiger partial charge in [0.05, 0.1) is 5.69 Å². The van der Waals surface area contributed by atoms with Crippen molar-refractivity contribution in [2.24, 2.45) is 10.3 Å². The Bertz CT molecular complexity index is 725. The van der Waals surface area contributed by atoms with Crippen molar-refractivity contribution in [1.82, 2.24) is 9.97 Å². The van der Waals surface area contributed by atoms with Crippen LogP contribution in [0.2, 0.25) is 0 Å². The molecule has 6 nitrogen and oxygen atoms in total. The summed E-state index contributed by atoms with van der Waals surface area (Å²) in [5, 5.41) is 11.0.